The van der Waals surface area contributed by atoms with Crippen LogP contribution in [0.4, 0.5) is 5.69 Å². The predicted octanol–water partition coefficient (Wildman–Crippen LogP) is 2.55. The molecule has 2 aromatic rings. The van der Waals surface area contributed by atoms with Crippen molar-refractivity contribution in [3.05, 3.63) is 30.5 Å². The third kappa shape index (κ3) is 2.26. The molecule has 1 amide bonds. The highest BCUT2D eigenvalue weighted by molar-refractivity contribution is 8.14. The van der Waals surface area contributed by atoms with Crippen LogP contribution in [0.1, 0.15) is 13.3 Å². The highest BCUT2D eigenvalue weighted by atomic mass is 32.2. The second-order valence-corrected chi connectivity index (χ2v) is 6.13. The van der Waals surface area contributed by atoms with Crippen molar-refractivity contribution >= 4 is 39.4 Å². The average Bonchev–Trinajstić information content (AvgIpc) is 2.94. The molecular weight excluding hydrogens is 260 g/mol. The van der Waals surface area contributed by atoms with E-state index < -0.39 is 0 Å². The molecule has 1 unspecified atom stereocenters. The van der Waals surface area contributed by atoms with Crippen molar-refractivity contribution < 1.29 is 9.59 Å². The summed E-state index contributed by atoms with van der Waals surface area (Å²) >= 11 is 1.26. The maximum atomic E-state index is 12.1. The van der Waals surface area contributed by atoms with E-state index in [4.69, 9.17) is 0 Å². The van der Waals surface area contributed by atoms with Gasteiger partial charge < -0.3 is 9.88 Å². The van der Waals surface area contributed by atoms with E-state index in [2.05, 4.69) is 4.98 Å². The van der Waals surface area contributed by atoms with Crippen LogP contribution < -0.4 is 4.90 Å². The van der Waals surface area contributed by atoms with E-state index in [0.717, 1.165) is 16.6 Å². The largest absolute Gasteiger partial charge is 0.361 e. The number of aromatic nitrogens is 1. The first kappa shape index (κ1) is 12.3. The van der Waals surface area contributed by atoms with E-state index in [0.29, 0.717) is 13.0 Å². The Morgan fingerprint density at radius 3 is 3.05 bits per heavy atom. The Bertz CT molecular complexity index is 650. The Morgan fingerprint density at radius 2 is 2.26 bits per heavy atom. The molecular formula is C14H14N2O2S. The van der Waals surface area contributed by atoms with Crippen molar-refractivity contribution in [2.45, 2.75) is 18.6 Å². The van der Waals surface area contributed by atoms with Crippen molar-refractivity contribution in [3.63, 3.8) is 0 Å². The van der Waals surface area contributed by atoms with Crippen LogP contribution >= 0.6 is 11.8 Å². The normalized spacial score (nSPS) is 19.3. The third-order valence-electron chi connectivity index (χ3n) is 3.28. The molecule has 0 bridgehead atoms. The Kier molecular flexibility index (Phi) is 3.06. The first-order valence-corrected chi connectivity index (χ1v) is 7.07. The zero-order chi connectivity index (χ0) is 13.4. The zero-order valence-corrected chi connectivity index (χ0v) is 11.4. The molecule has 1 fully saturated rings. The number of carbonyl (C=O) groups excluding carboxylic acids is 2. The lowest BCUT2D eigenvalue weighted by atomic mass is 10.2. The topological polar surface area (TPSA) is 53.2 Å². The van der Waals surface area contributed by atoms with E-state index in [9.17, 15) is 9.59 Å². The number of aromatic amines is 1. The lowest BCUT2D eigenvalue weighted by Gasteiger charge is -2.17. The van der Waals surface area contributed by atoms with Gasteiger partial charge in [0, 0.05) is 42.2 Å². The summed E-state index contributed by atoms with van der Waals surface area (Å²) in [7, 11) is 0. The Balaban J connectivity index is 1.92. The lowest BCUT2D eigenvalue weighted by molar-refractivity contribution is -0.117. The molecule has 2 heterocycles. The number of hydrogen-bond acceptors (Lipinski definition) is 3. The Hall–Kier alpha value is -1.75. The first-order chi connectivity index (χ1) is 9.15. The standard InChI is InChI=1S/C14H14N2O2S/c1-9(17)19-10-7-14(18)16(8-10)13-4-2-3-12-11(13)5-6-15-12/h2-6,10,15H,7-8H2,1H3. The molecule has 1 aliphatic heterocycles. The smallest absolute Gasteiger partial charge is 0.228 e. The van der Waals surface area contributed by atoms with E-state index in [1.54, 1.807) is 11.8 Å². The maximum absolute atomic E-state index is 12.1. The molecule has 1 saturated heterocycles. The average molecular weight is 274 g/mol. The molecule has 3 rings (SSSR count). The van der Waals surface area contributed by atoms with Gasteiger partial charge in [0.15, 0.2) is 5.12 Å². The van der Waals surface area contributed by atoms with Gasteiger partial charge in [0.2, 0.25) is 5.91 Å². The second-order valence-electron chi connectivity index (χ2n) is 4.66. The van der Waals surface area contributed by atoms with Crippen LogP contribution in [-0.2, 0) is 9.59 Å². The van der Waals surface area contributed by atoms with Crippen molar-refractivity contribution in [3.8, 4) is 0 Å². The number of fused-ring (bicyclic) bond motifs is 1. The number of anilines is 1. The van der Waals surface area contributed by atoms with Gasteiger partial charge in [0.25, 0.3) is 0 Å². The van der Waals surface area contributed by atoms with Gasteiger partial charge >= 0.3 is 0 Å². The van der Waals surface area contributed by atoms with Crippen LogP contribution in [0.15, 0.2) is 30.5 Å². The van der Waals surface area contributed by atoms with Gasteiger partial charge in [-0.15, -0.1) is 0 Å². The first-order valence-electron chi connectivity index (χ1n) is 6.19. The summed E-state index contributed by atoms with van der Waals surface area (Å²) in [6, 6.07) is 7.85. The lowest BCUT2D eigenvalue weighted by Crippen LogP contribution is -2.25. The Morgan fingerprint density at radius 1 is 1.42 bits per heavy atom. The molecule has 1 aromatic carbocycles. The fourth-order valence-corrected chi connectivity index (χ4v) is 3.44. The molecule has 19 heavy (non-hydrogen) atoms. The fraction of sp³-hybridized carbons (Fsp3) is 0.286. The van der Waals surface area contributed by atoms with Gasteiger partial charge in [-0.05, 0) is 18.2 Å². The van der Waals surface area contributed by atoms with E-state index in [-0.39, 0.29) is 16.3 Å². The minimum atomic E-state index is 0.0687. The summed E-state index contributed by atoms with van der Waals surface area (Å²) in [4.78, 5) is 28.2. The van der Waals surface area contributed by atoms with Crippen LogP contribution in [-0.4, -0.2) is 27.8 Å². The monoisotopic (exact) mass is 274 g/mol. The molecule has 1 atom stereocenters. The maximum Gasteiger partial charge on any atom is 0.228 e. The highest BCUT2D eigenvalue weighted by Gasteiger charge is 2.32. The number of hydrogen-bond donors (Lipinski definition) is 1. The highest BCUT2D eigenvalue weighted by Crippen LogP contribution is 2.32. The summed E-state index contributed by atoms with van der Waals surface area (Å²) in [6.07, 6.45) is 2.31. The van der Waals surface area contributed by atoms with Gasteiger partial charge in [-0.2, -0.15) is 0 Å². The van der Waals surface area contributed by atoms with Gasteiger partial charge in [-0.3, -0.25) is 9.59 Å². The summed E-state index contributed by atoms with van der Waals surface area (Å²) in [6.45, 7) is 2.15. The SMILES string of the molecule is CC(=O)SC1CC(=O)N(c2cccc3[nH]ccc23)C1. The fourth-order valence-electron chi connectivity index (χ4n) is 2.53. The van der Waals surface area contributed by atoms with Crippen molar-refractivity contribution in [2.75, 3.05) is 11.4 Å². The van der Waals surface area contributed by atoms with Crippen LogP contribution in [0.5, 0.6) is 0 Å². The number of thioether (sulfide) groups is 1. The molecule has 98 valence electrons. The van der Waals surface area contributed by atoms with Crippen LogP contribution in [0.25, 0.3) is 10.9 Å². The van der Waals surface area contributed by atoms with Gasteiger partial charge in [0.1, 0.15) is 0 Å². The molecule has 0 spiro atoms. The van der Waals surface area contributed by atoms with Crippen LogP contribution in [0.3, 0.4) is 0 Å². The molecule has 5 heteroatoms. The van der Waals surface area contributed by atoms with E-state index in [1.165, 1.54) is 11.8 Å². The van der Waals surface area contributed by atoms with Crippen LogP contribution in [0, 0.1) is 0 Å². The quantitative estimate of drug-likeness (QED) is 0.915. The van der Waals surface area contributed by atoms with Crippen LogP contribution in [0.2, 0.25) is 0 Å². The molecule has 4 nitrogen and oxygen atoms in total. The number of carbonyl (C=O) groups is 2. The number of nitrogens with one attached hydrogen (secondary N) is 1. The second kappa shape index (κ2) is 4.74. The Labute approximate surface area is 115 Å². The number of rotatable bonds is 2. The number of benzene rings is 1. The summed E-state index contributed by atoms with van der Waals surface area (Å²) in [5.74, 6) is 0.0902. The number of nitrogens with zero attached hydrogens (tertiary/aromatic N) is 1. The molecule has 1 aromatic heterocycles. The molecule has 0 aliphatic carbocycles. The van der Waals surface area contributed by atoms with Crippen molar-refractivity contribution in [1.29, 1.82) is 0 Å². The van der Waals surface area contributed by atoms with Crippen molar-refractivity contribution in [2.24, 2.45) is 0 Å². The zero-order valence-electron chi connectivity index (χ0n) is 10.6. The van der Waals surface area contributed by atoms with E-state index in [1.807, 2.05) is 30.5 Å². The van der Waals surface area contributed by atoms with Gasteiger partial charge in [0.05, 0.1) is 5.69 Å². The minimum Gasteiger partial charge on any atom is -0.361 e. The minimum absolute atomic E-state index is 0.0687. The molecule has 0 saturated carbocycles. The molecule has 0 radical (unpaired) electrons. The number of H-pyrrole nitrogens is 1. The van der Waals surface area contributed by atoms with Gasteiger partial charge in [-0.1, -0.05) is 17.8 Å². The molecule has 1 N–H and O–H groups in total. The summed E-state index contributed by atoms with van der Waals surface area (Å²) < 4.78 is 0. The number of amides is 1. The predicted molar refractivity (Wildman–Crippen MR) is 77.3 cm³/mol. The third-order valence-corrected chi connectivity index (χ3v) is 4.27. The van der Waals surface area contributed by atoms with E-state index >= 15 is 0 Å². The van der Waals surface area contributed by atoms with Crippen molar-refractivity contribution in [1.82, 2.24) is 4.98 Å². The molecule has 1 aliphatic rings. The summed E-state index contributed by atoms with van der Waals surface area (Å²) in [5, 5.41) is 1.18. The van der Waals surface area contributed by atoms with Gasteiger partial charge in [-0.25, -0.2) is 0 Å². The summed E-state index contributed by atoms with van der Waals surface area (Å²) in [5.41, 5.74) is 1.95.